The van der Waals surface area contributed by atoms with Crippen molar-refractivity contribution < 1.29 is 67.5 Å². The van der Waals surface area contributed by atoms with Crippen molar-refractivity contribution in [3.8, 4) is 0 Å². The van der Waals surface area contributed by atoms with Gasteiger partial charge in [-0.2, -0.15) is 8.42 Å². The summed E-state index contributed by atoms with van der Waals surface area (Å²) in [4.78, 5) is 0. The summed E-state index contributed by atoms with van der Waals surface area (Å²) < 4.78 is 47.2. The summed E-state index contributed by atoms with van der Waals surface area (Å²) in [5.41, 5.74) is -2.44. The van der Waals surface area contributed by atoms with Crippen molar-refractivity contribution in [1.82, 2.24) is 0 Å². The summed E-state index contributed by atoms with van der Waals surface area (Å²) in [7, 11) is -5.02. The van der Waals surface area contributed by atoms with Crippen molar-refractivity contribution in [2.24, 2.45) is 52.3 Å². The molecule has 1 heterocycles. The predicted octanol–water partition coefficient (Wildman–Crippen LogP) is 0.142. The van der Waals surface area contributed by atoms with E-state index in [1.165, 1.54) is 0 Å². The summed E-state index contributed by atoms with van der Waals surface area (Å²) >= 11 is 0. The van der Waals surface area contributed by atoms with E-state index < -0.39 is 100 Å². The lowest BCUT2D eigenvalue weighted by Crippen LogP contribution is -2.68. The molecular formula is C34H58O14S. The third-order valence-corrected chi connectivity index (χ3v) is 13.9. The SMILES string of the molecule is CC(C)[C@H](/C=C/[C@@H](C)[C@H]1[C@@H](O)[C@@H](O)[C@@H]2[C@]1(C)CC[C@@H]1[C@@]3(C)CC[C@H](O)C[C@@H]3[C@@H](O)C[C@]12O)CO[C@@H]1O[C@H](CO)[C@@H](OS(=O)(=O)O)[C@H](O)[C@H]1O. The van der Waals surface area contributed by atoms with E-state index in [0.29, 0.717) is 32.1 Å². The third-order valence-electron chi connectivity index (χ3n) is 13.4. The number of rotatable bonds is 10. The Labute approximate surface area is 289 Å². The van der Waals surface area contributed by atoms with Gasteiger partial charge in [-0.15, -0.1) is 0 Å². The van der Waals surface area contributed by atoms with Crippen LogP contribution in [0.15, 0.2) is 12.2 Å². The molecule has 1 aliphatic heterocycles. The van der Waals surface area contributed by atoms with Crippen LogP contribution >= 0.6 is 0 Å². The molecule has 0 spiro atoms. The highest BCUT2D eigenvalue weighted by Crippen LogP contribution is 2.69. The van der Waals surface area contributed by atoms with Gasteiger partial charge in [-0.1, -0.05) is 46.8 Å². The molecule has 0 radical (unpaired) electrons. The molecule has 4 saturated carbocycles. The van der Waals surface area contributed by atoms with E-state index in [-0.39, 0.29) is 42.6 Å². The van der Waals surface area contributed by atoms with Gasteiger partial charge in [-0.25, -0.2) is 4.18 Å². The Morgan fingerprint density at radius 3 is 2.18 bits per heavy atom. The number of hydrogen-bond acceptors (Lipinski definition) is 13. The normalized spacial score (nSPS) is 50.1. The zero-order chi connectivity index (χ0) is 36.4. The molecule has 49 heavy (non-hydrogen) atoms. The number of ether oxygens (including phenoxy) is 2. The van der Waals surface area contributed by atoms with Crippen LogP contribution in [0.25, 0.3) is 0 Å². The van der Waals surface area contributed by atoms with Crippen LogP contribution < -0.4 is 0 Å². The van der Waals surface area contributed by atoms with Gasteiger partial charge >= 0.3 is 10.4 Å². The van der Waals surface area contributed by atoms with Gasteiger partial charge in [0.15, 0.2) is 6.29 Å². The minimum absolute atomic E-state index is 0.000802. The lowest BCUT2D eigenvalue weighted by molar-refractivity contribution is -0.299. The van der Waals surface area contributed by atoms with Gasteiger partial charge in [0, 0.05) is 18.3 Å². The minimum atomic E-state index is -5.02. The summed E-state index contributed by atoms with van der Waals surface area (Å²) in [6, 6.07) is 0. The molecule has 0 bridgehead atoms. The van der Waals surface area contributed by atoms with Crippen molar-refractivity contribution in [2.75, 3.05) is 13.2 Å². The van der Waals surface area contributed by atoms with Crippen molar-refractivity contribution in [2.45, 2.75) is 134 Å². The molecule has 0 amide bonds. The van der Waals surface area contributed by atoms with Gasteiger partial charge in [0.2, 0.25) is 0 Å². The second kappa shape index (κ2) is 14.2. The molecule has 0 unspecified atom stereocenters. The second-order valence-corrected chi connectivity index (χ2v) is 17.6. The van der Waals surface area contributed by atoms with Crippen molar-refractivity contribution >= 4 is 10.4 Å². The largest absolute Gasteiger partial charge is 0.397 e. The van der Waals surface area contributed by atoms with Gasteiger partial charge in [0.05, 0.1) is 43.2 Å². The van der Waals surface area contributed by atoms with Crippen molar-refractivity contribution in [1.29, 1.82) is 0 Å². The smallest absolute Gasteiger partial charge is 0.394 e. The van der Waals surface area contributed by atoms with E-state index in [0.717, 1.165) is 0 Å². The molecule has 14 nitrogen and oxygen atoms in total. The average molecular weight is 723 g/mol. The van der Waals surface area contributed by atoms with Crippen molar-refractivity contribution in [3.05, 3.63) is 12.2 Å². The number of allylic oxidation sites excluding steroid dienone is 1. The molecule has 0 aromatic carbocycles. The summed E-state index contributed by atoms with van der Waals surface area (Å²) in [6.45, 7) is 9.21. The Kier molecular flexibility index (Phi) is 11.4. The van der Waals surface area contributed by atoms with Crippen LogP contribution in [0, 0.1) is 52.3 Å². The molecule has 0 aromatic rings. The molecule has 284 valence electrons. The first-order valence-corrected chi connectivity index (χ1v) is 19.1. The van der Waals surface area contributed by atoms with Crippen LogP contribution in [0.3, 0.4) is 0 Å². The average Bonchev–Trinajstić information content (AvgIpc) is 3.21. The highest BCUT2D eigenvalue weighted by atomic mass is 32.3. The Morgan fingerprint density at radius 1 is 0.918 bits per heavy atom. The van der Waals surface area contributed by atoms with Crippen LogP contribution in [0.5, 0.6) is 0 Å². The maximum absolute atomic E-state index is 12.5. The fourth-order valence-electron chi connectivity index (χ4n) is 11.0. The lowest BCUT2D eigenvalue weighted by Gasteiger charge is -2.65. The first-order valence-electron chi connectivity index (χ1n) is 17.7. The number of fused-ring (bicyclic) bond motifs is 5. The molecule has 9 N–H and O–H groups in total. The van der Waals surface area contributed by atoms with E-state index in [9.17, 15) is 49.3 Å². The number of aliphatic hydroxyl groups is 8. The third kappa shape index (κ3) is 7.02. The Morgan fingerprint density at radius 2 is 1.57 bits per heavy atom. The Balaban J connectivity index is 1.30. The van der Waals surface area contributed by atoms with Gasteiger partial charge in [-0.05, 0) is 72.5 Å². The Hall–Kier alpha value is -0.790. The topological polar surface area (TPSA) is 244 Å². The zero-order valence-corrected chi connectivity index (χ0v) is 29.8. The highest BCUT2D eigenvalue weighted by Gasteiger charge is 2.72. The zero-order valence-electron chi connectivity index (χ0n) is 29.0. The molecule has 5 fully saturated rings. The fourth-order valence-corrected chi connectivity index (χ4v) is 11.5. The van der Waals surface area contributed by atoms with Gasteiger partial charge < -0.3 is 50.3 Å². The second-order valence-electron chi connectivity index (χ2n) is 16.6. The molecule has 1 saturated heterocycles. The van der Waals surface area contributed by atoms with Crippen LogP contribution in [0.2, 0.25) is 0 Å². The molecular weight excluding hydrogens is 664 g/mol. The molecule has 0 aromatic heterocycles. The standard InChI is InChI=1S/C34H58O14S/c1-16(2)18(15-46-31-28(41)26(39)29(22(14-35)47-31)48-49(43,44)45)7-6-17(3)24-25(38)27(40)30-33(24,5)11-9-23-32(4)10-8-19(36)12-20(32)21(37)13-34(23,30)42/h6-7,16-31,35-42H,8-15H2,1-5H3,(H,43,44,45)/b7-6+/t17-,18-,19+,20-,21+,22-,23-,24+,25-,26-,27-,28-,29-,30-,31-,32+,33-,34+/m1/s1. The first-order chi connectivity index (χ1) is 22.7. The number of hydrogen-bond donors (Lipinski definition) is 9. The molecule has 18 atom stereocenters. The van der Waals surface area contributed by atoms with E-state index in [4.69, 9.17) is 14.0 Å². The van der Waals surface area contributed by atoms with Gasteiger partial charge in [-0.3, -0.25) is 4.55 Å². The summed E-state index contributed by atoms with van der Waals surface area (Å²) in [5, 5.41) is 88.3. The monoisotopic (exact) mass is 722 g/mol. The molecule has 5 rings (SSSR count). The summed E-state index contributed by atoms with van der Waals surface area (Å²) in [5.74, 6) is -1.91. The molecule has 5 aliphatic rings. The van der Waals surface area contributed by atoms with Crippen LogP contribution in [-0.2, 0) is 24.1 Å². The predicted molar refractivity (Wildman–Crippen MR) is 174 cm³/mol. The van der Waals surface area contributed by atoms with Crippen LogP contribution in [0.4, 0.5) is 0 Å². The fraction of sp³-hybridized carbons (Fsp3) is 0.941. The number of aliphatic hydroxyl groups excluding tert-OH is 7. The van der Waals surface area contributed by atoms with Gasteiger partial charge in [0.1, 0.15) is 24.4 Å². The van der Waals surface area contributed by atoms with E-state index in [1.807, 2.05) is 39.8 Å². The quantitative estimate of drug-likeness (QED) is 0.108. The minimum Gasteiger partial charge on any atom is -0.394 e. The maximum Gasteiger partial charge on any atom is 0.397 e. The van der Waals surface area contributed by atoms with Crippen LogP contribution in [0.1, 0.15) is 73.1 Å². The van der Waals surface area contributed by atoms with Crippen molar-refractivity contribution in [3.63, 3.8) is 0 Å². The van der Waals surface area contributed by atoms with E-state index in [2.05, 4.69) is 11.1 Å². The van der Waals surface area contributed by atoms with E-state index >= 15 is 0 Å². The molecule has 15 heteroatoms. The lowest BCUT2D eigenvalue weighted by atomic mass is 9.42. The highest BCUT2D eigenvalue weighted by molar-refractivity contribution is 7.80. The Bertz CT molecular complexity index is 1300. The molecule has 4 aliphatic carbocycles. The maximum atomic E-state index is 12.5. The first kappa shape index (κ1) is 39.4. The summed E-state index contributed by atoms with van der Waals surface area (Å²) in [6.07, 6.45) is -4.81. The van der Waals surface area contributed by atoms with Crippen LogP contribution in [-0.4, -0.2) is 128 Å². The van der Waals surface area contributed by atoms with Gasteiger partial charge in [0.25, 0.3) is 0 Å². The van der Waals surface area contributed by atoms with E-state index in [1.54, 1.807) is 0 Å².